The molecule has 8 heteroatoms. The molecule has 29 heavy (non-hydrogen) atoms. The van der Waals surface area contributed by atoms with Gasteiger partial charge in [-0.1, -0.05) is 43.5 Å². The summed E-state index contributed by atoms with van der Waals surface area (Å²) >= 11 is 6.30. The molecule has 0 atom stereocenters. The van der Waals surface area contributed by atoms with Crippen LogP contribution in [0.4, 0.5) is 5.82 Å². The number of anilines is 1. The lowest BCUT2D eigenvalue weighted by Crippen LogP contribution is -2.48. The maximum absolute atomic E-state index is 12.9. The molecular formula is C21H25ClN6O. The average molecular weight is 413 g/mol. The number of rotatable bonds is 8. The Hall–Kier alpha value is -2.69. The van der Waals surface area contributed by atoms with E-state index in [0.29, 0.717) is 16.4 Å². The molecule has 0 spiro atoms. The van der Waals surface area contributed by atoms with Gasteiger partial charge in [0.2, 0.25) is 5.82 Å². The van der Waals surface area contributed by atoms with Gasteiger partial charge in [-0.15, -0.1) is 0 Å². The molecule has 1 aliphatic carbocycles. The van der Waals surface area contributed by atoms with E-state index in [1.54, 1.807) is 5.01 Å². The molecule has 1 amide bonds. The maximum Gasteiger partial charge on any atom is 0.269 e. The number of halogens is 1. The molecule has 1 fully saturated rings. The normalized spacial score (nSPS) is 13.8. The van der Waals surface area contributed by atoms with Gasteiger partial charge < -0.3 is 5.32 Å². The van der Waals surface area contributed by atoms with Crippen LogP contribution in [0.15, 0.2) is 30.5 Å². The van der Waals surface area contributed by atoms with Crippen molar-refractivity contribution in [2.45, 2.75) is 51.6 Å². The zero-order valence-electron chi connectivity index (χ0n) is 16.5. The fraction of sp³-hybridized carbons (Fsp3) is 0.429. The molecule has 1 saturated carbocycles. The van der Waals surface area contributed by atoms with Crippen molar-refractivity contribution >= 4 is 23.3 Å². The Labute approximate surface area is 176 Å². The third-order valence-corrected chi connectivity index (χ3v) is 5.20. The van der Waals surface area contributed by atoms with Crippen molar-refractivity contribution in [1.29, 1.82) is 5.26 Å². The van der Waals surface area contributed by atoms with Crippen LogP contribution in [0.3, 0.4) is 0 Å². The summed E-state index contributed by atoms with van der Waals surface area (Å²) in [6.07, 6.45) is 6.47. The first-order valence-electron chi connectivity index (χ1n) is 9.95. The van der Waals surface area contributed by atoms with Gasteiger partial charge in [-0.05, 0) is 43.5 Å². The van der Waals surface area contributed by atoms with Crippen molar-refractivity contribution in [3.8, 4) is 6.07 Å². The molecule has 2 aromatic rings. The minimum Gasteiger partial charge on any atom is -0.313 e. The van der Waals surface area contributed by atoms with Crippen molar-refractivity contribution < 1.29 is 4.79 Å². The lowest BCUT2D eigenvalue weighted by Gasteiger charge is -2.30. The Bertz CT molecular complexity index is 874. The highest BCUT2D eigenvalue weighted by molar-refractivity contribution is 6.32. The summed E-state index contributed by atoms with van der Waals surface area (Å²) in [5, 5.41) is 14.5. The number of carbonyl (C=O) groups excluding carboxylic acids is 1. The Morgan fingerprint density at radius 1 is 1.31 bits per heavy atom. The van der Waals surface area contributed by atoms with Crippen LogP contribution < -0.4 is 15.8 Å². The SMILES string of the molecule is CCCNCc1ccc(C(=O)NN(c2nc(C#N)ncc2Cl)C2CCCC2)cc1. The maximum atomic E-state index is 12.9. The Morgan fingerprint density at radius 3 is 2.69 bits per heavy atom. The molecule has 152 valence electrons. The number of hydrogen-bond donors (Lipinski definition) is 2. The summed E-state index contributed by atoms with van der Waals surface area (Å²) in [7, 11) is 0. The minimum atomic E-state index is -0.238. The van der Waals surface area contributed by atoms with E-state index in [4.69, 9.17) is 16.9 Å². The van der Waals surface area contributed by atoms with Gasteiger partial charge in [-0.3, -0.25) is 15.2 Å². The second-order valence-corrected chi connectivity index (χ2v) is 7.51. The first-order chi connectivity index (χ1) is 14.1. The average Bonchev–Trinajstić information content (AvgIpc) is 3.28. The van der Waals surface area contributed by atoms with Crippen LogP contribution in [0, 0.1) is 11.3 Å². The van der Waals surface area contributed by atoms with Crippen LogP contribution in [0.5, 0.6) is 0 Å². The summed E-state index contributed by atoms with van der Waals surface area (Å²) in [6.45, 7) is 3.86. The highest BCUT2D eigenvalue weighted by Crippen LogP contribution is 2.30. The molecule has 0 bridgehead atoms. The Kier molecular flexibility index (Phi) is 7.39. The molecule has 0 radical (unpaired) electrons. The van der Waals surface area contributed by atoms with Crippen LogP contribution in [-0.2, 0) is 6.54 Å². The van der Waals surface area contributed by atoms with Crippen LogP contribution >= 0.6 is 11.6 Å². The van der Waals surface area contributed by atoms with Crippen LogP contribution in [0.25, 0.3) is 0 Å². The number of nitriles is 1. The molecular weight excluding hydrogens is 388 g/mol. The van der Waals surface area contributed by atoms with Crippen molar-refractivity contribution in [2.75, 3.05) is 11.6 Å². The van der Waals surface area contributed by atoms with Gasteiger partial charge in [-0.2, -0.15) is 10.2 Å². The highest BCUT2D eigenvalue weighted by atomic mass is 35.5. The van der Waals surface area contributed by atoms with Crippen molar-refractivity contribution in [1.82, 2.24) is 20.7 Å². The van der Waals surface area contributed by atoms with E-state index in [1.807, 2.05) is 30.3 Å². The predicted octanol–water partition coefficient (Wildman–Crippen LogP) is 3.60. The predicted molar refractivity (Wildman–Crippen MR) is 112 cm³/mol. The zero-order valence-corrected chi connectivity index (χ0v) is 17.2. The smallest absolute Gasteiger partial charge is 0.269 e. The summed E-state index contributed by atoms with van der Waals surface area (Å²) in [5.41, 5.74) is 4.63. The molecule has 1 aliphatic rings. The van der Waals surface area contributed by atoms with Gasteiger partial charge >= 0.3 is 0 Å². The number of carbonyl (C=O) groups is 1. The van der Waals surface area contributed by atoms with E-state index < -0.39 is 0 Å². The first-order valence-corrected chi connectivity index (χ1v) is 10.3. The van der Waals surface area contributed by atoms with Crippen molar-refractivity contribution in [3.63, 3.8) is 0 Å². The Morgan fingerprint density at radius 2 is 2.03 bits per heavy atom. The third kappa shape index (κ3) is 5.43. The number of amides is 1. The molecule has 1 aromatic carbocycles. The number of aromatic nitrogens is 2. The topological polar surface area (TPSA) is 93.9 Å². The van der Waals surface area contributed by atoms with Gasteiger partial charge in [0.15, 0.2) is 5.82 Å². The molecule has 1 heterocycles. The minimum absolute atomic E-state index is 0.0191. The van der Waals surface area contributed by atoms with E-state index in [2.05, 4.69) is 27.6 Å². The van der Waals surface area contributed by atoms with Crippen LogP contribution in [-0.4, -0.2) is 28.5 Å². The van der Waals surface area contributed by atoms with Gasteiger partial charge in [0.25, 0.3) is 5.91 Å². The van der Waals surface area contributed by atoms with Gasteiger partial charge in [0, 0.05) is 12.1 Å². The van der Waals surface area contributed by atoms with Crippen LogP contribution in [0.1, 0.15) is 60.8 Å². The van der Waals surface area contributed by atoms with Gasteiger partial charge in [0.05, 0.1) is 12.2 Å². The van der Waals surface area contributed by atoms with Gasteiger partial charge in [-0.25, -0.2) is 4.98 Å². The molecule has 1 aromatic heterocycles. The molecule has 7 nitrogen and oxygen atoms in total. The Balaban J connectivity index is 1.78. The van der Waals surface area contributed by atoms with Crippen LogP contribution in [0.2, 0.25) is 5.02 Å². The largest absolute Gasteiger partial charge is 0.313 e. The highest BCUT2D eigenvalue weighted by Gasteiger charge is 2.28. The monoisotopic (exact) mass is 412 g/mol. The van der Waals surface area contributed by atoms with E-state index >= 15 is 0 Å². The lowest BCUT2D eigenvalue weighted by atomic mass is 10.1. The van der Waals surface area contributed by atoms with E-state index in [0.717, 1.165) is 50.8 Å². The third-order valence-electron chi connectivity index (χ3n) is 4.94. The number of hydrazine groups is 1. The number of nitrogens with one attached hydrogen (secondary N) is 2. The van der Waals surface area contributed by atoms with Crippen molar-refractivity contribution in [3.05, 3.63) is 52.4 Å². The summed E-state index contributed by atoms with van der Waals surface area (Å²) in [6, 6.07) is 9.53. The van der Waals surface area contributed by atoms with Crippen molar-refractivity contribution in [2.24, 2.45) is 0 Å². The standard InChI is InChI=1S/C21H25ClN6O/c1-2-11-24-13-15-7-9-16(10-8-15)21(29)27-28(17-5-3-4-6-17)20-18(22)14-25-19(12-23)26-20/h7-10,14,17,24H,2-6,11,13H2,1H3,(H,27,29). The summed E-state index contributed by atoms with van der Waals surface area (Å²) in [4.78, 5) is 21.0. The number of nitrogens with zero attached hydrogens (tertiary/aromatic N) is 4. The van der Waals surface area contributed by atoms with E-state index in [9.17, 15) is 4.79 Å². The molecule has 3 rings (SSSR count). The fourth-order valence-corrected chi connectivity index (χ4v) is 3.60. The second kappa shape index (κ2) is 10.2. The summed E-state index contributed by atoms with van der Waals surface area (Å²) < 4.78 is 0. The summed E-state index contributed by atoms with van der Waals surface area (Å²) in [5.74, 6) is 0.141. The number of hydrogen-bond acceptors (Lipinski definition) is 6. The fourth-order valence-electron chi connectivity index (χ4n) is 3.42. The molecule has 0 aliphatic heterocycles. The lowest BCUT2D eigenvalue weighted by molar-refractivity contribution is 0.0944. The number of benzene rings is 1. The first kappa shape index (κ1) is 21.0. The molecule has 0 saturated heterocycles. The van der Waals surface area contributed by atoms with Gasteiger partial charge in [0.1, 0.15) is 11.1 Å². The quantitative estimate of drug-likeness (QED) is 0.508. The molecule has 2 N–H and O–H groups in total. The molecule has 0 unspecified atom stereocenters. The zero-order chi connectivity index (χ0) is 20.6. The van der Waals surface area contributed by atoms with E-state index in [1.165, 1.54) is 6.20 Å². The second-order valence-electron chi connectivity index (χ2n) is 7.10. The van der Waals surface area contributed by atoms with E-state index in [-0.39, 0.29) is 17.8 Å².